The fourth-order valence-electron chi connectivity index (χ4n) is 3.06. The second-order valence-electron chi connectivity index (χ2n) is 5.45. The van der Waals surface area contributed by atoms with Crippen LogP contribution in [0.25, 0.3) is 0 Å². The molecule has 17 heavy (non-hydrogen) atoms. The van der Waals surface area contributed by atoms with Crippen molar-refractivity contribution in [3.05, 3.63) is 0 Å². The number of carboxylic acid groups (broad SMARTS) is 1. The maximum atomic E-state index is 12.0. The monoisotopic (exact) mass is 239 g/mol. The normalized spacial score (nSPS) is 25.4. The largest absolute Gasteiger partial charge is 0.481 e. The van der Waals surface area contributed by atoms with Gasteiger partial charge in [-0.1, -0.05) is 12.8 Å². The number of likely N-dealkylation sites (tertiary alicyclic amines) is 1. The van der Waals surface area contributed by atoms with E-state index in [2.05, 4.69) is 0 Å². The Bertz CT molecular complexity index is 297. The lowest BCUT2D eigenvalue weighted by Gasteiger charge is -2.18. The Balaban J connectivity index is 1.75. The van der Waals surface area contributed by atoms with Gasteiger partial charge in [0.2, 0.25) is 5.91 Å². The molecule has 96 valence electrons. The summed E-state index contributed by atoms with van der Waals surface area (Å²) >= 11 is 0. The molecule has 2 fully saturated rings. The summed E-state index contributed by atoms with van der Waals surface area (Å²) in [7, 11) is 0. The lowest BCUT2D eigenvalue weighted by Crippen LogP contribution is -2.30. The molecule has 0 spiro atoms. The van der Waals surface area contributed by atoms with Gasteiger partial charge in [0.15, 0.2) is 0 Å². The number of carboxylic acids is 1. The van der Waals surface area contributed by atoms with Gasteiger partial charge in [0.05, 0.1) is 0 Å². The SMILES string of the molecule is O=C(O)CC1CCN(C(=O)CC2CCCC2)C1. The van der Waals surface area contributed by atoms with Crippen LogP contribution in [0.3, 0.4) is 0 Å². The molecule has 1 saturated carbocycles. The Hall–Kier alpha value is -1.06. The number of rotatable bonds is 4. The van der Waals surface area contributed by atoms with E-state index in [-0.39, 0.29) is 18.2 Å². The van der Waals surface area contributed by atoms with Crippen molar-refractivity contribution in [1.82, 2.24) is 4.90 Å². The quantitative estimate of drug-likeness (QED) is 0.815. The van der Waals surface area contributed by atoms with Gasteiger partial charge in [-0.15, -0.1) is 0 Å². The second-order valence-corrected chi connectivity index (χ2v) is 5.45. The molecule has 0 bridgehead atoms. The first-order valence-corrected chi connectivity index (χ1v) is 6.64. The van der Waals surface area contributed by atoms with E-state index < -0.39 is 5.97 Å². The van der Waals surface area contributed by atoms with Crippen molar-refractivity contribution < 1.29 is 14.7 Å². The molecule has 4 nitrogen and oxygen atoms in total. The van der Waals surface area contributed by atoms with Gasteiger partial charge >= 0.3 is 5.97 Å². The van der Waals surface area contributed by atoms with E-state index in [0.717, 1.165) is 13.0 Å². The molecule has 0 aromatic rings. The molecule has 1 heterocycles. The van der Waals surface area contributed by atoms with Crippen LogP contribution in [0.15, 0.2) is 0 Å². The molecule has 1 amide bonds. The zero-order valence-electron chi connectivity index (χ0n) is 10.2. The number of carbonyl (C=O) groups is 2. The van der Waals surface area contributed by atoms with Crippen LogP contribution < -0.4 is 0 Å². The molecule has 1 N–H and O–H groups in total. The minimum atomic E-state index is -0.750. The molecule has 1 atom stereocenters. The Labute approximate surface area is 102 Å². The molecule has 1 aliphatic heterocycles. The van der Waals surface area contributed by atoms with E-state index >= 15 is 0 Å². The highest BCUT2D eigenvalue weighted by Gasteiger charge is 2.29. The molecule has 0 aromatic carbocycles. The first-order chi connectivity index (χ1) is 8.15. The molecule has 1 aliphatic carbocycles. The Morgan fingerprint density at radius 2 is 1.76 bits per heavy atom. The molecule has 2 aliphatic rings. The third-order valence-corrected chi connectivity index (χ3v) is 4.04. The Morgan fingerprint density at radius 1 is 1.06 bits per heavy atom. The molecular formula is C13H21NO3. The minimum absolute atomic E-state index is 0.167. The molecule has 0 aromatic heterocycles. The summed E-state index contributed by atoms with van der Waals surface area (Å²) in [6.45, 7) is 1.40. The highest BCUT2D eigenvalue weighted by Crippen LogP contribution is 2.29. The number of amides is 1. The molecule has 0 radical (unpaired) electrons. The number of aliphatic carboxylic acids is 1. The fourth-order valence-corrected chi connectivity index (χ4v) is 3.06. The van der Waals surface area contributed by atoms with Crippen LogP contribution in [0, 0.1) is 11.8 Å². The lowest BCUT2D eigenvalue weighted by molar-refractivity contribution is -0.138. The molecule has 1 unspecified atom stereocenters. The van der Waals surface area contributed by atoms with Crippen molar-refractivity contribution in [3.8, 4) is 0 Å². The molecule has 2 rings (SSSR count). The van der Waals surface area contributed by atoms with E-state index in [1.54, 1.807) is 0 Å². The lowest BCUT2D eigenvalue weighted by atomic mass is 10.0. The summed E-state index contributed by atoms with van der Waals surface area (Å²) in [5.41, 5.74) is 0. The van der Waals surface area contributed by atoms with Gasteiger partial charge in [-0.2, -0.15) is 0 Å². The van der Waals surface area contributed by atoms with E-state index in [1.165, 1.54) is 25.7 Å². The minimum Gasteiger partial charge on any atom is -0.481 e. The zero-order chi connectivity index (χ0) is 12.3. The van der Waals surface area contributed by atoms with E-state index in [4.69, 9.17) is 5.11 Å². The van der Waals surface area contributed by atoms with Crippen molar-refractivity contribution in [1.29, 1.82) is 0 Å². The van der Waals surface area contributed by atoms with Crippen LogP contribution in [-0.4, -0.2) is 35.0 Å². The van der Waals surface area contributed by atoms with Crippen LogP contribution in [0.5, 0.6) is 0 Å². The number of nitrogens with zero attached hydrogens (tertiary/aromatic N) is 1. The van der Waals surface area contributed by atoms with Crippen molar-refractivity contribution >= 4 is 11.9 Å². The summed E-state index contributed by atoms with van der Waals surface area (Å²) < 4.78 is 0. The molecular weight excluding hydrogens is 218 g/mol. The van der Waals surface area contributed by atoms with Gasteiger partial charge in [0, 0.05) is 25.9 Å². The summed E-state index contributed by atoms with van der Waals surface area (Å²) in [6.07, 6.45) is 6.64. The van der Waals surface area contributed by atoms with E-state index in [1.807, 2.05) is 4.90 Å². The third-order valence-electron chi connectivity index (χ3n) is 4.04. The van der Waals surface area contributed by atoms with Crippen LogP contribution >= 0.6 is 0 Å². The average molecular weight is 239 g/mol. The number of carbonyl (C=O) groups excluding carboxylic acids is 1. The van der Waals surface area contributed by atoms with E-state index in [0.29, 0.717) is 18.9 Å². The molecule has 1 saturated heterocycles. The number of hydrogen-bond acceptors (Lipinski definition) is 2. The van der Waals surface area contributed by atoms with Crippen LogP contribution in [0.4, 0.5) is 0 Å². The van der Waals surface area contributed by atoms with Crippen LogP contribution in [0.1, 0.15) is 44.9 Å². The van der Waals surface area contributed by atoms with Gasteiger partial charge in [-0.05, 0) is 31.1 Å². The predicted octanol–water partition coefficient (Wildman–Crippen LogP) is 1.89. The maximum Gasteiger partial charge on any atom is 0.303 e. The van der Waals surface area contributed by atoms with Crippen LogP contribution in [0.2, 0.25) is 0 Å². The summed E-state index contributed by atoms with van der Waals surface area (Å²) in [6, 6.07) is 0. The molecule has 4 heteroatoms. The third kappa shape index (κ3) is 3.45. The highest BCUT2D eigenvalue weighted by molar-refractivity contribution is 5.77. The average Bonchev–Trinajstić information content (AvgIpc) is 2.87. The number of hydrogen-bond donors (Lipinski definition) is 1. The fraction of sp³-hybridized carbons (Fsp3) is 0.846. The van der Waals surface area contributed by atoms with Gasteiger partial charge in [-0.3, -0.25) is 9.59 Å². The van der Waals surface area contributed by atoms with Crippen LogP contribution in [-0.2, 0) is 9.59 Å². The van der Waals surface area contributed by atoms with Gasteiger partial charge in [-0.25, -0.2) is 0 Å². The Morgan fingerprint density at radius 3 is 2.41 bits per heavy atom. The van der Waals surface area contributed by atoms with Crippen molar-refractivity contribution in [3.63, 3.8) is 0 Å². The first kappa shape index (κ1) is 12.4. The van der Waals surface area contributed by atoms with Crippen molar-refractivity contribution in [2.75, 3.05) is 13.1 Å². The highest BCUT2D eigenvalue weighted by atomic mass is 16.4. The van der Waals surface area contributed by atoms with E-state index in [9.17, 15) is 9.59 Å². The van der Waals surface area contributed by atoms with Gasteiger partial charge in [0.1, 0.15) is 0 Å². The maximum absolute atomic E-state index is 12.0. The second kappa shape index (κ2) is 5.52. The topological polar surface area (TPSA) is 57.6 Å². The van der Waals surface area contributed by atoms with Crippen molar-refractivity contribution in [2.45, 2.75) is 44.9 Å². The summed E-state index contributed by atoms with van der Waals surface area (Å²) in [5.74, 6) is 0.242. The Kier molecular flexibility index (Phi) is 4.02. The predicted molar refractivity (Wildman–Crippen MR) is 63.5 cm³/mol. The summed E-state index contributed by atoms with van der Waals surface area (Å²) in [5, 5.41) is 8.73. The van der Waals surface area contributed by atoms with Gasteiger partial charge in [0.25, 0.3) is 0 Å². The standard InChI is InChI=1S/C13H21NO3/c15-12(7-10-3-1-2-4-10)14-6-5-11(9-14)8-13(16)17/h10-11H,1-9H2,(H,16,17). The van der Waals surface area contributed by atoms with Gasteiger partial charge < -0.3 is 10.0 Å². The zero-order valence-corrected chi connectivity index (χ0v) is 10.2. The first-order valence-electron chi connectivity index (χ1n) is 6.64. The van der Waals surface area contributed by atoms with Crippen molar-refractivity contribution in [2.24, 2.45) is 11.8 Å². The smallest absolute Gasteiger partial charge is 0.303 e. The summed E-state index contributed by atoms with van der Waals surface area (Å²) in [4.78, 5) is 24.5.